The Labute approximate surface area is 350 Å². The van der Waals surface area contributed by atoms with Crippen LogP contribution >= 0.6 is 11.6 Å². The van der Waals surface area contributed by atoms with Crippen LogP contribution in [0.3, 0.4) is 0 Å². The second-order valence-electron chi connectivity index (χ2n) is 14.7. The number of amides is 1. The lowest BCUT2D eigenvalue weighted by Gasteiger charge is -2.24. The highest BCUT2D eigenvalue weighted by atomic mass is 35.5. The molecule has 0 spiro atoms. The number of nitrogens with one attached hydrogen (secondary N) is 2. The third-order valence-corrected chi connectivity index (χ3v) is 11.2. The number of carbonyl (C=O) groups is 1. The first-order chi connectivity index (χ1) is 28.9. The van der Waals surface area contributed by atoms with Crippen LogP contribution in [0.2, 0.25) is 5.02 Å². The summed E-state index contributed by atoms with van der Waals surface area (Å²) < 4.78 is 107. The van der Waals surface area contributed by atoms with Gasteiger partial charge in [-0.3, -0.25) is 28.5 Å². The van der Waals surface area contributed by atoms with Crippen LogP contribution in [-0.2, 0) is 48.5 Å². The number of rotatable bonds is 11. The van der Waals surface area contributed by atoms with Gasteiger partial charge in [-0.2, -0.15) is 18.6 Å². The molecule has 1 amide bonds. The van der Waals surface area contributed by atoms with Gasteiger partial charge in [0.2, 0.25) is 11.7 Å². The maximum absolute atomic E-state index is 15.5. The predicted octanol–water partition coefficient (Wildman–Crippen LogP) is 7.19. The third kappa shape index (κ3) is 7.67. The maximum Gasteiger partial charge on any atom is 0.292 e. The maximum atomic E-state index is 15.5. The van der Waals surface area contributed by atoms with Crippen LogP contribution in [-0.4, -0.2) is 55.8 Å². The van der Waals surface area contributed by atoms with Gasteiger partial charge in [0, 0.05) is 42.8 Å². The molecular weight excluding hydrogens is 850 g/mol. The molecule has 3 atom stereocenters. The number of hydrogen-bond acceptors (Lipinski definition) is 9. The first-order valence-corrected chi connectivity index (χ1v) is 20.5. The minimum Gasteiger partial charge on any atom is -0.593 e. The number of alkyl halides is 4. The minimum atomic E-state index is -3.60. The topological polar surface area (TPSA) is 160 Å². The fourth-order valence-electron chi connectivity index (χ4n) is 7.77. The van der Waals surface area contributed by atoms with Crippen molar-refractivity contribution in [2.45, 2.75) is 51.6 Å². The molecule has 1 aliphatic carbocycles. The summed E-state index contributed by atoms with van der Waals surface area (Å²) in [4.78, 5) is 42.7. The average Bonchev–Trinajstić information content (AvgIpc) is 3.78. The number of anilines is 1. The van der Waals surface area contributed by atoms with E-state index in [1.165, 1.54) is 42.3 Å². The van der Waals surface area contributed by atoms with E-state index < -0.39 is 89.5 Å². The smallest absolute Gasteiger partial charge is 0.292 e. The van der Waals surface area contributed by atoms with Gasteiger partial charge >= 0.3 is 0 Å². The second-order valence-corrected chi connectivity index (χ2v) is 16.2. The zero-order chi connectivity index (χ0) is 43.7. The first kappa shape index (κ1) is 41.7. The summed E-state index contributed by atoms with van der Waals surface area (Å²) in [5.41, 5.74) is -0.746. The Morgan fingerprint density at radius 2 is 1.80 bits per heavy atom. The molecule has 13 nitrogen and oxygen atoms in total. The third-order valence-electron chi connectivity index (χ3n) is 10.4. The second kappa shape index (κ2) is 15.8. The molecule has 1 aliphatic rings. The van der Waals surface area contributed by atoms with E-state index >= 15 is 8.78 Å². The average molecular weight is 883 g/mol. The molecular formula is C40H33ClF6N10O3S. The van der Waals surface area contributed by atoms with Crippen molar-refractivity contribution in [2.24, 2.45) is 13.0 Å². The van der Waals surface area contributed by atoms with Gasteiger partial charge in [0.25, 0.3) is 17.9 Å². The Balaban J connectivity index is 1.36. The quantitative estimate of drug-likeness (QED) is 0.101. The Bertz CT molecular complexity index is 2940. The van der Waals surface area contributed by atoms with E-state index in [-0.39, 0.29) is 55.3 Å². The zero-order valence-electron chi connectivity index (χ0n) is 32.5. The molecule has 21 heteroatoms. The number of carbonyl (C=O) groups excluding carboxylic acids is 1. The van der Waals surface area contributed by atoms with Crippen LogP contribution in [0.4, 0.5) is 32.2 Å². The van der Waals surface area contributed by atoms with E-state index in [4.69, 9.17) is 16.6 Å². The van der Waals surface area contributed by atoms with E-state index in [2.05, 4.69) is 30.2 Å². The van der Waals surface area contributed by atoms with Crippen molar-refractivity contribution in [1.29, 1.82) is 0 Å². The van der Waals surface area contributed by atoms with E-state index in [9.17, 15) is 31.7 Å². The zero-order valence-corrected chi connectivity index (χ0v) is 34.1. The van der Waals surface area contributed by atoms with E-state index in [1.54, 1.807) is 32.3 Å². The van der Waals surface area contributed by atoms with Crippen molar-refractivity contribution < 1.29 is 35.7 Å². The molecule has 4 heterocycles. The molecule has 3 unspecified atom stereocenters. The van der Waals surface area contributed by atoms with Crippen molar-refractivity contribution in [2.75, 3.05) is 11.0 Å². The molecule has 0 radical (unpaired) electrons. The molecule has 0 fully saturated rings. The van der Waals surface area contributed by atoms with Crippen LogP contribution in [0.25, 0.3) is 38.8 Å². The number of aromatic nitrogens is 8. The summed E-state index contributed by atoms with van der Waals surface area (Å²) in [7, 11) is 1.54. The van der Waals surface area contributed by atoms with Crippen LogP contribution in [0.5, 0.6) is 0 Å². The van der Waals surface area contributed by atoms with Gasteiger partial charge < -0.3 is 9.87 Å². The lowest BCUT2D eigenvalue weighted by atomic mass is 10.0. The van der Waals surface area contributed by atoms with E-state index in [1.807, 2.05) is 0 Å². The van der Waals surface area contributed by atoms with E-state index in [0.717, 1.165) is 16.7 Å². The SMILES string of the molecule is Cc1cncc(-c2ccc3c(=O)n(-c4ccc(Cl)c5c(N[S+](C)[O-])nn(C)c45)c(C(Cc4cc(F)cc(F)c4)NC(=O)Cn4nc(C(F)F)c5c4C(F)(F)C(C)C5)nc3c2)n1. The summed E-state index contributed by atoms with van der Waals surface area (Å²) in [6.45, 7) is 1.97. The van der Waals surface area contributed by atoms with Gasteiger partial charge in [-0.05, 0) is 55.3 Å². The molecule has 8 rings (SSSR count). The van der Waals surface area contributed by atoms with Crippen molar-refractivity contribution >= 4 is 56.5 Å². The van der Waals surface area contributed by atoms with Crippen LogP contribution < -0.4 is 15.6 Å². The summed E-state index contributed by atoms with van der Waals surface area (Å²) in [5.74, 6) is -8.01. The summed E-state index contributed by atoms with van der Waals surface area (Å²) in [6.07, 6.45) is 0.405. The molecule has 2 N–H and O–H groups in total. The summed E-state index contributed by atoms with van der Waals surface area (Å²) in [5, 5.41) is 11.3. The number of nitrogens with zero attached hydrogens (tertiary/aromatic N) is 8. The molecule has 61 heavy (non-hydrogen) atoms. The van der Waals surface area contributed by atoms with Gasteiger partial charge in [0.15, 0.2) is 0 Å². The number of halogens is 7. The normalized spacial score (nSPS) is 15.7. The van der Waals surface area contributed by atoms with Gasteiger partial charge in [-0.15, -0.1) is 5.10 Å². The Morgan fingerprint density at radius 3 is 2.49 bits per heavy atom. The highest BCUT2D eigenvalue weighted by Gasteiger charge is 2.51. The lowest BCUT2D eigenvalue weighted by Crippen LogP contribution is -2.38. The van der Waals surface area contributed by atoms with Gasteiger partial charge in [-0.1, -0.05) is 24.6 Å². The van der Waals surface area contributed by atoms with Crippen LogP contribution in [0, 0.1) is 24.5 Å². The highest BCUT2D eigenvalue weighted by molar-refractivity contribution is 7.92. The van der Waals surface area contributed by atoms with Gasteiger partial charge in [0.05, 0.1) is 67.5 Å². The summed E-state index contributed by atoms with van der Waals surface area (Å²) in [6, 6.07) is 8.83. The van der Waals surface area contributed by atoms with Crippen LogP contribution in [0.15, 0.2) is 65.7 Å². The largest absolute Gasteiger partial charge is 0.593 e. The van der Waals surface area contributed by atoms with Crippen LogP contribution in [0.1, 0.15) is 53.4 Å². The van der Waals surface area contributed by atoms with Crippen molar-refractivity contribution in [3.05, 3.63) is 122 Å². The van der Waals surface area contributed by atoms with E-state index in [0.29, 0.717) is 27.7 Å². The molecule has 0 bridgehead atoms. The predicted molar refractivity (Wildman–Crippen MR) is 215 cm³/mol. The lowest BCUT2D eigenvalue weighted by molar-refractivity contribution is -0.123. The highest BCUT2D eigenvalue weighted by Crippen LogP contribution is 2.48. The number of aryl methyl sites for hydroxylation is 2. The minimum absolute atomic E-state index is 0.00787. The first-order valence-electron chi connectivity index (χ1n) is 18.5. The Morgan fingerprint density at radius 1 is 1.07 bits per heavy atom. The standard InChI is InChI=1S/C40H33ClF6N10O3S/c1-18-9-25-33(36(44)45)52-56(35(25)40(18,46)47)17-31(58)50-28(12-20-10-22(42)14-23(43)11-20)38-51-27-13-21(29-16-48-15-19(2)49-29)5-6-24(27)39(59)57(38)30-8-7-26(41)32-34(30)55(3)53-37(32)54-61(4)60/h5-8,10-11,13-16,18,28,36H,9,12,17H2,1-4H3,(H,50,58)(H,53,54). The van der Waals surface area contributed by atoms with Gasteiger partial charge in [0.1, 0.15) is 41.6 Å². The van der Waals surface area contributed by atoms with Crippen molar-refractivity contribution in [3.63, 3.8) is 0 Å². The molecule has 0 saturated carbocycles. The van der Waals surface area contributed by atoms with Gasteiger partial charge in [-0.25, -0.2) is 27.5 Å². The fraction of sp³-hybridized carbons (Fsp3) is 0.275. The number of hydrogen-bond donors (Lipinski definition) is 2. The fourth-order valence-corrected chi connectivity index (χ4v) is 8.43. The van der Waals surface area contributed by atoms with Crippen molar-refractivity contribution in [1.82, 2.24) is 44.4 Å². The molecule has 4 aromatic heterocycles. The molecule has 7 aromatic rings. The molecule has 3 aromatic carbocycles. The molecule has 0 aliphatic heterocycles. The number of benzene rings is 3. The Kier molecular flexibility index (Phi) is 10.8. The van der Waals surface area contributed by atoms with Crippen molar-refractivity contribution in [3.8, 4) is 16.9 Å². The number of fused-ring (bicyclic) bond motifs is 3. The Hall–Kier alpha value is -5.99. The summed E-state index contributed by atoms with van der Waals surface area (Å²) >= 11 is 5.06. The monoisotopic (exact) mass is 882 g/mol. The molecule has 316 valence electrons. The molecule has 0 saturated heterocycles.